The van der Waals surface area contributed by atoms with Gasteiger partial charge >= 0.3 is 0 Å². The summed E-state index contributed by atoms with van der Waals surface area (Å²) in [5.41, 5.74) is -0.267. The van der Waals surface area contributed by atoms with Crippen LogP contribution in [0.1, 0.15) is 41.5 Å². The molecule has 0 saturated carbocycles. The fourth-order valence-corrected chi connectivity index (χ4v) is 1.93. The zero-order chi connectivity index (χ0) is 13.8. The lowest BCUT2D eigenvalue weighted by Crippen LogP contribution is -2.55. The first-order chi connectivity index (χ1) is 7.61. The van der Waals surface area contributed by atoms with Crippen LogP contribution in [0.15, 0.2) is 0 Å². The Bertz CT molecular complexity index is 280. The molecule has 0 fully saturated rings. The van der Waals surface area contributed by atoms with E-state index in [4.69, 9.17) is 0 Å². The van der Waals surface area contributed by atoms with Crippen molar-refractivity contribution in [3.05, 3.63) is 0 Å². The largest absolute Gasteiger partial charge is 0.344 e. The first-order valence-electron chi connectivity index (χ1n) is 6.09. The van der Waals surface area contributed by atoms with Gasteiger partial charge in [0.15, 0.2) is 5.78 Å². The van der Waals surface area contributed by atoms with Crippen molar-refractivity contribution < 1.29 is 9.59 Å². The smallest absolute Gasteiger partial charge is 0.237 e. The predicted molar refractivity (Wildman–Crippen MR) is 69.8 cm³/mol. The van der Waals surface area contributed by atoms with E-state index in [9.17, 15) is 9.59 Å². The zero-order valence-electron chi connectivity index (χ0n) is 12.0. The molecule has 0 aliphatic carbocycles. The molecule has 0 aliphatic heterocycles. The summed E-state index contributed by atoms with van der Waals surface area (Å²) in [5.74, 6) is 0.0645. The average molecular weight is 242 g/mol. The van der Waals surface area contributed by atoms with E-state index in [1.165, 1.54) is 6.92 Å². The summed E-state index contributed by atoms with van der Waals surface area (Å²) in [7, 11) is 1.75. The average Bonchev–Trinajstić information content (AvgIpc) is 2.12. The highest BCUT2D eigenvalue weighted by Gasteiger charge is 2.32. The number of rotatable bonds is 5. The van der Waals surface area contributed by atoms with Crippen molar-refractivity contribution in [1.29, 1.82) is 0 Å². The Kier molecular flexibility index (Phi) is 5.82. The van der Waals surface area contributed by atoms with E-state index in [0.717, 1.165) is 0 Å². The molecule has 0 aromatic rings. The molecule has 0 rings (SSSR count). The van der Waals surface area contributed by atoms with E-state index in [1.807, 2.05) is 34.6 Å². The minimum Gasteiger partial charge on any atom is -0.344 e. The molecule has 0 bridgehead atoms. The van der Waals surface area contributed by atoms with Crippen molar-refractivity contribution in [3.63, 3.8) is 0 Å². The molecule has 2 N–H and O–H groups in total. The van der Waals surface area contributed by atoms with Crippen LogP contribution in [-0.2, 0) is 9.59 Å². The predicted octanol–water partition coefficient (Wildman–Crippen LogP) is 1.35. The van der Waals surface area contributed by atoms with Crippen LogP contribution in [0.4, 0.5) is 0 Å². The number of carbonyl (C=O) groups excluding carboxylic acids is 2. The quantitative estimate of drug-likeness (QED) is 0.765. The monoisotopic (exact) mass is 242 g/mol. The Labute approximate surface area is 105 Å². The molecule has 0 aromatic carbocycles. The number of carbonyl (C=O) groups is 2. The summed E-state index contributed by atoms with van der Waals surface area (Å²) in [6.45, 7) is 11.3. The van der Waals surface area contributed by atoms with E-state index >= 15 is 0 Å². The van der Waals surface area contributed by atoms with Gasteiger partial charge in [-0.3, -0.25) is 9.59 Å². The summed E-state index contributed by atoms with van der Waals surface area (Å²) in [5, 5.41) is 5.81. The van der Waals surface area contributed by atoms with E-state index in [1.54, 1.807) is 7.05 Å². The Morgan fingerprint density at radius 2 is 1.59 bits per heavy atom. The van der Waals surface area contributed by atoms with Crippen LogP contribution in [0.3, 0.4) is 0 Å². The molecule has 4 heteroatoms. The third-order valence-electron chi connectivity index (χ3n) is 2.82. The molecule has 4 nitrogen and oxygen atoms in total. The van der Waals surface area contributed by atoms with Crippen LogP contribution in [-0.4, -0.2) is 30.8 Å². The number of nitrogens with one attached hydrogen (secondary N) is 2. The number of Topliss-reactive ketones (excluding diaryl/α,β-unsaturated/α-hetero) is 1. The second-order valence-corrected chi connectivity index (χ2v) is 5.93. The summed E-state index contributed by atoms with van der Waals surface area (Å²) in [6, 6.07) is -0.705. The number of likely N-dealkylation sites (N-methyl/N-ethyl adjacent to an activating group) is 1. The topological polar surface area (TPSA) is 58.2 Å². The maximum Gasteiger partial charge on any atom is 0.237 e. The van der Waals surface area contributed by atoms with Crippen LogP contribution < -0.4 is 10.6 Å². The van der Waals surface area contributed by atoms with Gasteiger partial charge in [0.25, 0.3) is 0 Å². The molecule has 1 amide bonds. The summed E-state index contributed by atoms with van der Waals surface area (Å²) in [4.78, 5) is 23.6. The second-order valence-electron chi connectivity index (χ2n) is 5.93. The molecule has 0 radical (unpaired) electrons. The third kappa shape index (κ3) is 4.86. The molecular weight excluding hydrogens is 216 g/mol. The number of amides is 1. The summed E-state index contributed by atoms with van der Waals surface area (Å²) < 4.78 is 0. The van der Waals surface area contributed by atoms with Gasteiger partial charge in [-0.2, -0.15) is 0 Å². The molecule has 0 unspecified atom stereocenters. The lowest BCUT2D eigenvalue weighted by atomic mass is 9.84. The van der Waals surface area contributed by atoms with Gasteiger partial charge in [0.1, 0.15) is 0 Å². The highest BCUT2D eigenvalue weighted by atomic mass is 16.2. The molecule has 0 aliphatic rings. The van der Waals surface area contributed by atoms with Crippen LogP contribution in [0, 0.1) is 11.3 Å². The van der Waals surface area contributed by atoms with Crippen molar-refractivity contribution >= 4 is 11.7 Å². The second kappa shape index (κ2) is 6.15. The first kappa shape index (κ1) is 16.1. The maximum atomic E-state index is 12.1. The Morgan fingerprint density at radius 1 is 1.12 bits per heavy atom. The number of ketones is 1. The fraction of sp³-hybridized carbons (Fsp3) is 0.846. The number of hydrogen-bond donors (Lipinski definition) is 2. The van der Waals surface area contributed by atoms with Gasteiger partial charge in [-0.15, -0.1) is 0 Å². The van der Waals surface area contributed by atoms with Gasteiger partial charge < -0.3 is 10.6 Å². The molecule has 0 aromatic heterocycles. The van der Waals surface area contributed by atoms with E-state index < -0.39 is 6.04 Å². The van der Waals surface area contributed by atoms with Crippen molar-refractivity contribution in [2.24, 2.45) is 11.3 Å². The lowest BCUT2D eigenvalue weighted by Gasteiger charge is -2.31. The molecule has 17 heavy (non-hydrogen) atoms. The van der Waals surface area contributed by atoms with Crippen LogP contribution in [0.2, 0.25) is 0 Å². The van der Waals surface area contributed by atoms with Gasteiger partial charge in [-0.1, -0.05) is 34.6 Å². The summed E-state index contributed by atoms with van der Waals surface area (Å²) >= 11 is 0. The van der Waals surface area contributed by atoms with Crippen molar-refractivity contribution in [2.75, 3.05) is 7.05 Å². The normalized spacial score (nSPS) is 15.5. The Hall–Kier alpha value is -0.900. The van der Waals surface area contributed by atoms with E-state index in [0.29, 0.717) is 0 Å². The van der Waals surface area contributed by atoms with Gasteiger partial charge in [-0.05, 0) is 25.3 Å². The Balaban J connectivity index is 4.79. The maximum absolute atomic E-state index is 12.1. The van der Waals surface area contributed by atoms with Crippen LogP contribution >= 0.6 is 0 Å². The fourth-order valence-electron chi connectivity index (χ4n) is 1.93. The van der Waals surface area contributed by atoms with Gasteiger partial charge in [0.2, 0.25) is 5.91 Å². The van der Waals surface area contributed by atoms with Crippen LogP contribution in [0.5, 0.6) is 0 Å². The molecule has 100 valence electrons. The van der Waals surface area contributed by atoms with Gasteiger partial charge in [-0.25, -0.2) is 0 Å². The van der Waals surface area contributed by atoms with Crippen LogP contribution in [0.25, 0.3) is 0 Å². The van der Waals surface area contributed by atoms with Gasteiger partial charge in [0, 0.05) is 0 Å². The minimum absolute atomic E-state index is 0.00976. The highest BCUT2D eigenvalue weighted by molar-refractivity contribution is 5.90. The lowest BCUT2D eigenvalue weighted by molar-refractivity contribution is -0.131. The standard InChI is InChI=1S/C13H26N2O2/c1-8(2)10(14-7)12(17)15-11(9(3)16)13(4,5)6/h8,10-11,14H,1-7H3,(H,15,17)/t10-,11+/m0/s1. The Morgan fingerprint density at radius 3 is 1.82 bits per heavy atom. The third-order valence-corrected chi connectivity index (χ3v) is 2.82. The van der Waals surface area contributed by atoms with E-state index in [-0.39, 0.29) is 29.1 Å². The molecule has 0 heterocycles. The molecule has 2 atom stereocenters. The highest BCUT2D eigenvalue weighted by Crippen LogP contribution is 2.20. The van der Waals surface area contributed by atoms with Crippen molar-refractivity contribution in [3.8, 4) is 0 Å². The first-order valence-corrected chi connectivity index (χ1v) is 6.09. The number of hydrogen-bond acceptors (Lipinski definition) is 3. The molecule has 0 saturated heterocycles. The summed E-state index contributed by atoms with van der Waals surface area (Å²) in [6.07, 6.45) is 0. The van der Waals surface area contributed by atoms with Gasteiger partial charge in [0.05, 0.1) is 12.1 Å². The van der Waals surface area contributed by atoms with E-state index in [2.05, 4.69) is 10.6 Å². The SMILES string of the molecule is CN[C@H](C(=O)N[C@H](C(C)=O)C(C)(C)C)C(C)C. The molecule has 0 spiro atoms. The van der Waals surface area contributed by atoms with Crippen molar-refractivity contribution in [2.45, 2.75) is 53.6 Å². The van der Waals surface area contributed by atoms with Crippen molar-refractivity contribution in [1.82, 2.24) is 10.6 Å². The molecular formula is C13H26N2O2. The minimum atomic E-state index is -0.440. The zero-order valence-corrected chi connectivity index (χ0v) is 12.0.